The van der Waals surface area contributed by atoms with Crippen molar-refractivity contribution >= 4 is 23.5 Å². The summed E-state index contributed by atoms with van der Waals surface area (Å²) in [6, 6.07) is 0. The van der Waals surface area contributed by atoms with Crippen LogP contribution in [-0.2, 0) is 14.2 Å². The highest BCUT2D eigenvalue weighted by molar-refractivity contribution is 7.80. The zero-order valence-electron chi connectivity index (χ0n) is 6.97. The second kappa shape index (κ2) is 3.89. The monoisotopic (exact) mass is 248 g/mol. The molecular weight excluding hydrogens is 244 g/mol. The van der Waals surface area contributed by atoms with Gasteiger partial charge in [-0.2, -0.15) is 17.6 Å². The van der Waals surface area contributed by atoms with Crippen molar-refractivity contribution in [2.45, 2.75) is 12.0 Å². The summed E-state index contributed by atoms with van der Waals surface area (Å²) in [5.41, 5.74) is 0. The maximum Gasteiger partial charge on any atom is 0.511 e. The molecule has 0 aliphatic carbocycles. The average Bonchev–Trinajstić information content (AvgIpc) is 2.44. The number of cyclic esters (lactones) is 2. The second-order valence-electron chi connectivity index (χ2n) is 2.54. The van der Waals surface area contributed by atoms with Gasteiger partial charge in [0.25, 0.3) is 0 Å². The summed E-state index contributed by atoms with van der Waals surface area (Å²) < 4.78 is 61.1. The first-order chi connectivity index (χ1) is 6.77. The summed E-state index contributed by atoms with van der Waals surface area (Å²) in [5, 5.41) is -1.29. The van der Waals surface area contributed by atoms with Gasteiger partial charge in [0.05, 0.1) is 0 Å². The molecule has 0 spiro atoms. The van der Waals surface area contributed by atoms with Crippen LogP contribution in [0.15, 0.2) is 0 Å². The predicted octanol–water partition coefficient (Wildman–Crippen LogP) is 1.73. The first kappa shape index (κ1) is 12.1. The standard InChI is InChI=1S/C6H4F4O4S/c7-3(15)1-13-5(6(8,9)10)2-12-4(11)14-5/h1-2H2. The molecule has 1 saturated heterocycles. The van der Waals surface area contributed by atoms with Crippen LogP contribution in [0, 0.1) is 0 Å². The van der Waals surface area contributed by atoms with E-state index in [0.29, 0.717) is 0 Å². The van der Waals surface area contributed by atoms with E-state index in [1.807, 2.05) is 0 Å². The molecule has 0 amide bonds. The Kier molecular flexibility index (Phi) is 3.14. The zero-order valence-corrected chi connectivity index (χ0v) is 7.78. The van der Waals surface area contributed by atoms with Crippen molar-refractivity contribution in [3.8, 4) is 0 Å². The van der Waals surface area contributed by atoms with Crippen LogP contribution in [0.5, 0.6) is 0 Å². The minimum Gasteiger partial charge on any atom is -0.427 e. The fourth-order valence-electron chi connectivity index (χ4n) is 0.813. The first-order valence-corrected chi connectivity index (χ1v) is 3.92. The number of hydrogen-bond acceptors (Lipinski definition) is 5. The van der Waals surface area contributed by atoms with Gasteiger partial charge in [0.15, 0.2) is 11.7 Å². The largest absolute Gasteiger partial charge is 0.511 e. The number of ether oxygens (including phenoxy) is 3. The SMILES string of the molecule is O=C1OCC(OCC(F)=S)(C(F)(F)F)O1. The Bertz CT molecular complexity index is 291. The number of carbonyl (C=O) groups excluding carboxylic acids is 1. The fourth-order valence-corrected chi connectivity index (χ4v) is 0.872. The molecule has 0 bridgehead atoms. The highest BCUT2D eigenvalue weighted by atomic mass is 32.1. The molecule has 9 heteroatoms. The van der Waals surface area contributed by atoms with Crippen LogP contribution in [-0.4, -0.2) is 36.5 Å². The van der Waals surface area contributed by atoms with E-state index < -0.39 is 36.5 Å². The van der Waals surface area contributed by atoms with Gasteiger partial charge in [0.1, 0.15) is 6.61 Å². The van der Waals surface area contributed by atoms with Crippen molar-refractivity contribution in [1.82, 2.24) is 0 Å². The Hall–Kier alpha value is -0.960. The van der Waals surface area contributed by atoms with Gasteiger partial charge in [-0.1, -0.05) is 0 Å². The third-order valence-corrected chi connectivity index (χ3v) is 1.60. The third-order valence-electron chi connectivity index (χ3n) is 1.48. The Morgan fingerprint density at radius 1 is 1.60 bits per heavy atom. The van der Waals surface area contributed by atoms with E-state index in [1.165, 1.54) is 0 Å². The van der Waals surface area contributed by atoms with E-state index in [0.717, 1.165) is 0 Å². The summed E-state index contributed by atoms with van der Waals surface area (Å²) >= 11 is 3.89. The van der Waals surface area contributed by atoms with E-state index in [-0.39, 0.29) is 0 Å². The quantitative estimate of drug-likeness (QED) is 0.329. The molecule has 1 atom stereocenters. The smallest absolute Gasteiger partial charge is 0.427 e. The maximum atomic E-state index is 12.4. The van der Waals surface area contributed by atoms with Gasteiger partial charge in [-0.25, -0.2) is 4.79 Å². The average molecular weight is 248 g/mol. The molecule has 86 valence electrons. The molecule has 0 saturated carbocycles. The Labute approximate surface area is 86.1 Å². The molecule has 1 aliphatic rings. The number of halogens is 4. The van der Waals surface area contributed by atoms with Crippen LogP contribution < -0.4 is 0 Å². The minimum absolute atomic E-state index is 1.11. The first-order valence-electron chi connectivity index (χ1n) is 3.52. The molecule has 0 radical (unpaired) electrons. The number of carbonyl (C=O) groups is 1. The lowest BCUT2D eigenvalue weighted by atomic mass is 10.3. The second-order valence-corrected chi connectivity index (χ2v) is 2.98. The molecule has 1 unspecified atom stereocenters. The van der Waals surface area contributed by atoms with E-state index in [2.05, 4.69) is 26.4 Å². The molecule has 0 aromatic heterocycles. The van der Waals surface area contributed by atoms with Crippen LogP contribution in [0.2, 0.25) is 0 Å². The third kappa shape index (κ3) is 2.53. The predicted molar refractivity (Wildman–Crippen MR) is 40.9 cm³/mol. The summed E-state index contributed by atoms with van der Waals surface area (Å²) in [7, 11) is 0. The van der Waals surface area contributed by atoms with Gasteiger partial charge in [-0.05, 0) is 12.2 Å². The van der Waals surface area contributed by atoms with Gasteiger partial charge in [0, 0.05) is 0 Å². The van der Waals surface area contributed by atoms with Gasteiger partial charge in [0.2, 0.25) is 0 Å². The molecule has 4 nitrogen and oxygen atoms in total. The van der Waals surface area contributed by atoms with Gasteiger partial charge in [-0.3, -0.25) is 0 Å². The van der Waals surface area contributed by atoms with Crippen molar-refractivity contribution in [3.05, 3.63) is 0 Å². The molecule has 0 aromatic rings. The van der Waals surface area contributed by atoms with E-state index in [4.69, 9.17) is 0 Å². The van der Waals surface area contributed by atoms with Crippen LogP contribution in [0.25, 0.3) is 0 Å². The zero-order chi connectivity index (χ0) is 11.7. The van der Waals surface area contributed by atoms with Gasteiger partial charge >= 0.3 is 18.1 Å². The summed E-state index contributed by atoms with van der Waals surface area (Å²) in [4.78, 5) is 10.4. The van der Waals surface area contributed by atoms with Crippen molar-refractivity contribution in [2.24, 2.45) is 0 Å². The lowest BCUT2D eigenvalue weighted by Gasteiger charge is -2.26. The maximum absolute atomic E-state index is 12.4. The lowest BCUT2D eigenvalue weighted by Crippen LogP contribution is -2.50. The molecule has 1 heterocycles. The molecule has 1 rings (SSSR count). The number of alkyl halides is 3. The lowest BCUT2D eigenvalue weighted by molar-refractivity contribution is -0.345. The van der Waals surface area contributed by atoms with Crippen LogP contribution in [0.4, 0.5) is 22.4 Å². The van der Waals surface area contributed by atoms with E-state index >= 15 is 0 Å². The van der Waals surface area contributed by atoms with E-state index in [1.54, 1.807) is 0 Å². The summed E-state index contributed by atoms with van der Waals surface area (Å²) in [5.74, 6) is -3.26. The van der Waals surface area contributed by atoms with Gasteiger partial charge in [-0.15, -0.1) is 0 Å². The van der Waals surface area contributed by atoms with Crippen LogP contribution in [0.1, 0.15) is 0 Å². The molecule has 0 N–H and O–H groups in total. The van der Waals surface area contributed by atoms with E-state index in [9.17, 15) is 22.4 Å². The van der Waals surface area contributed by atoms with Gasteiger partial charge < -0.3 is 14.2 Å². The molecule has 15 heavy (non-hydrogen) atoms. The molecule has 1 aliphatic heterocycles. The summed E-state index contributed by atoms with van der Waals surface area (Å²) in [6.45, 7) is -2.29. The molecule has 1 fully saturated rings. The Morgan fingerprint density at radius 2 is 2.20 bits per heavy atom. The molecular formula is C6H4F4O4S. The van der Waals surface area contributed by atoms with Crippen molar-refractivity contribution in [3.63, 3.8) is 0 Å². The van der Waals surface area contributed by atoms with Crippen molar-refractivity contribution in [2.75, 3.05) is 13.2 Å². The Morgan fingerprint density at radius 3 is 2.53 bits per heavy atom. The highest BCUT2D eigenvalue weighted by Gasteiger charge is 2.65. The fraction of sp³-hybridized carbons (Fsp3) is 0.667. The topological polar surface area (TPSA) is 44.8 Å². The number of thiocarbonyl (C=S) groups is 1. The number of hydrogen-bond donors (Lipinski definition) is 0. The summed E-state index contributed by atoms with van der Waals surface area (Å²) in [6.07, 6.45) is -6.55. The number of rotatable bonds is 3. The highest BCUT2D eigenvalue weighted by Crippen LogP contribution is 2.38. The van der Waals surface area contributed by atoms with Crippen LogP contribution >= 0.6 is 12.2 Å². The minimum atomic E-state index is -5.02. The Balaban J connectivity index is 2.79. The van der Waals surface area contributed by atoms with Crippen molar-refractivity contribution in [1.29, 1.82) is 0 Å². The van der Waals surface area contributed by atoms with Crippen molar-refractivity contribution < 1.29 is 36.6 Å². The molecule has 0 aromatic carbocycles. The van der Waals surface area contributed by atoms with Crippen LogP contribution in [0.3, 0.4) is 0 Å². The normalized spacial score (nSPS) is 26.0.